The van der Waals surface area contributed by atoms with Gasteiger partial charge in [-0.2, -0.15) is 9.98 Å². The Balaban J connectivity index is 1.91. The van der Waals surface area contributed by atoms with E-state index in [4.69, 9.17) is 0 Å². The lowest BCUT2D eigenvalue weighted by Crippen LogP contribution is -2.45. The number of nitrogens with zero attached hydrogens (tertiary/aromatic N) is 2. The summed E-state index contributed by atoms with van der Waals surface area (Å²) in [5.74, 6) is 2.25. The molecule has 0 aromatic heterocycles. The lowest BCUT2D eigenvalue weighted by molar-refractivity contribution is 0.168. The molecular formula is C17H24N2O2. The Labute approximate surface area is 126 Å². The molecule has 3 saturated carbocycles. The van der Waals surface area contributed by atoms with Crippen LogP contribution in [-0.4, -0.2) is 23.7 Å². The van der Waals surface area contributed by atoms with Crippen LogP contribution in [0.1, 0.15) is 64.2 Å². The van der Waals surface area contributed by atoms with E-state index in [1.54, 1.807) is 12.2 Å². The van der Waals surface area contributed by atoms with Crippen LogP contribution in [0.15, 0.2) is 9.98 Å². The molecule has 0 aromatic rings. The molecule has 21 heavy (non-hydrogen) atoms. The summed E-state index contributed by atoms with van der Waals surface area (Å²) in [6.45, 7) is 0. The van der Waals surface area contributed by atoms with Crippen LogP contribution in [0.3, 0.4) is 0 Å². The fraction of sp³-hybridized carbons (Fsp3) is 0.882. The van der Waals surface area contributed by atoms with E-state index in [1.165, 1.54) is 32.1 Å². The van der Waals surface area contributed by atoms with E-state index in [-0.39, 0.29) is 6.04 Å². The zero-order chi connectivity index (χ0) is 14.7. The molecule has 3 aliphatic carbocycles. The third-order valence-corrected chi connectivity index (χ3v) is 6.13. The molecule has 3 fully saturated rings. The predicted molar refractivity (Wildman–Crippen MR) is 79.4 cm³/mol. The lowest BCUT2D eigenvalue weighted by Gasteiger charge is -2.41. The molecule has 5 atom stereocenters. The summed E-state index contributed by atoms with van der Waals surface area (Å²) >= 11 is 0. The van der Waals surface area contributed by atoms with Gasteiger partial charge in [0.2, 0.25) is 12.2 Å². The van der Waals surface area contributed by atoms with E-state index < -0.39 is 5.54 Å². The van der Waals surface area contributed by atoms with Crippen molar-refractivity contribution in [2.24, 2.45) is 27.7 Å². The first kappa shape index (κ1) is 14.7. The predicted octanol–water partition coefficient (Wildman–Crippen LogP) is 3.56. The highest BCUT2D eigenvalue weighted by Crippen LogP contribution is 2.48. The molecule has 4 heteroatoms. The van der Waals surface area contributed by atoms with Crippen molar-refractivity contribution in [2.75, 3.05) is 0 Å². The Hall–Kier alpha value is -1.24. The number of hydrogen-bond donors (Lipinski definition) is 0. The molecule has 4 bridgehead atoms. The second kappa shape index (κ2) is 6.25. The second-order valence-corrected chi connectivity index (χ2v) is 7.36. The van der Waals surface area contributed by atoms with Gasteiger partial charge in [-0.3, -0.25) is 0 Å². The Morgan fingerprint density at radius 3 is 2.48 bits per heavy atom. The van der Waals surface area contributed by atoms with Gasteiger partial charge in [-0.25, -0.2) is 9.59 Å². The molecule has 3 aliphatic rings. The minimum atomic E-state index is -0.473. The number of aliphatic imine (C=N–C) groups is 2. The van der Waals surface area contributed by atoms with E-state index in [0.717, 1.165) is 43.9 Å². The van der Waals surface area contributed by atoms with Crippen LogP contribution >= 0.6 is 0 Å². The SMILES string of the molecule is O=C=NC1CCC2CC3CCCC(CCC1(N=C=O)C2)C3. The maximum Gasteiger partial charge on any atom is 0.235 e. The standard InChI is InChI=1S/C17H24N2O2/c20-11-18-16-5-4-15-9-14-3-1-2-13(8-14)6-7-17(16,10-15)19-12-21/h13-16H,1-10H2. The highest BCUT2D eigenvalue weighted by molar-refractivity contribution is 5.38. The average molecular weight is 288 g/mol. The van der Waals surface area contributed by atoms with E-state index in [2.05, 4.69) is 9.98 Å². The van der Waals surface area contributed by atoms with Crippen LogP contribution in [0.25, 0.3) is 0 Å². The molecule has 0 spiro atoms. The van der Waals surface area contributed by atoms with Gasteiger partial charge < -0.3 is 0 Å². The number of rotatable bonds is 2. The highest BCUT2D eigenvalue weighted by Gasteiger charge is 2.46. The summed E-state index contributed by atoms with van der Waals surface area (Å²) in [7, 11) is 0. The number of isocyanates is 2. The summed E-state index contributed by atoms with van der Waals surface area (Å²) in [4.78, 5) is 30.0. The first-order valence-corrected chi connectivity index (χ1v) is 8.42. The molecule has 0 aromatic carbocycles. The topological polar surface area (TPSA) is 58.9 Å². The Bertz CT molecular complexity index is 479. The molecule has 114 valence electrons. The quantitative estimate of drug-likeness (QED) is 0.576. The summed E-state index contributed by atoms with van der Waals surface area (Å²) in [5.41, 5.74) is -0.473. The first-order valence-electron chi connectivity index (χ1n) is 8.42. The molecule has 0 amide bonds. The third kappa shape index (κ3) is 3.02. The minimum Gasteiger partial charge on any atom is -0.211 e. The monoisotopic (exact) mass is 288 g/mol. The molecular weight excluding hydrogens is 264 g/mol. The van der Waals surface area contributed by atoms with Crippen molar-refractivity contribution in [3.05, 3.63) is 0 Å². The van der Waals surface area contributed by atoms with Gasteiger partial charge in [-0.1, -0.05) is 19.3 Å². The first-order chi connectivity index (χ1) is 10.3. The fourth-order valence-electron chi connectivity index (χ4n) is 5.19. The number of fused-ring (bicyclic) bond motifs is 4. The largest absolute Gasteiger partial charge is 0.235 e. The average Bonchev–Trinajstić information content (AvgIpc) is 2.52. The van der Waals surface area contributed by atoms with E-state index in [0.29, 0.717) is 5.92 Å². The van der Waals surface area contributed by atoms with Crippen molar-refractivity contribution in [1.29, 1.82) is 0 Å². The second-order valence-electron chi connectivity index (χ2n) is 7.36. The van der Waals surface area contributed by atoms with Crippen LogP contribution in [0.4, 0.5) is 0 Å². The zero-order valence-corrected chi connectivity index (χ0v) is 12.6. The van der Waals surface area contributed by atoms with Gasteiger partial charge in [0.25, 0.3) is 0 Å². The van der Waals surface area contributed by atoms with Gasteiger partial charge in [-0.15, -0.1) is 0 Å². The van der Waals surface area contributed by atoms with Gasteiger partial charge in [0.1, 0.15) is 0 Å². The molecule has 5 unspecified atom stereocenters. The van der Waals surface area contributed by atoms with Crippen molar-refractivity contribution < 1.29 is 9.59 Å². The molecule has 3 rings (SSSR count). The summed E-state index contributed by atoms with van der Waals surface area (Å²) < 4.78 is 0. The molecule has 4 nitrogen and oxygen atoms in total. The van der Waals surface area contributed by atoms with Crippen LogP contribution < -0.4 is 0 Å². The molecule has 0 aliphatic heterocycles. The Kier molecular flexibility index (Phi) is 4.37. The lowest BCUT2D eigenvalue weighted by atomic mass is 9.69. The molecule has 0 heterocycles. The summed E-state index contributed by atoms with van der Waals surface area (Å²) in [6.07, 6.45) is 15.0. The van der Waals surface area contributed by atoms with Gasteiger partial charge in [0, 0.05) is 0 Å². The van der Waals surface area contributed by atoms with Gasteiger partial charge >= 0.3 is 0 Å². The van der Waals surface area contributed by atoms with Gasteiger partial charge in [-0.05, 0) is 62.7 Å². The summed E-state index contributed by atoms with van der Waals surface area (Å²) in [5, 5.41) is 0. The molecule has 0 N–H and O–H groups in total. The smallest absolute Gasteiger partial charge is 0.211 e. The van der Waals surface area contributed by atoms with E-state index in [1.807, 2.05) is 0 Å². The van der Waals surface area contributed by atoms with Crippen molar-refractivity contribution in [3.8, 4) is 0 Å². The maximum absolute atomic E-state index is 11.0. The Morgan fingerprint density at radius 1 is 0.857 bits per heavy atom. The number of hydrogen-bond acceptors (Lipinski definition) is 4. The zero-order valence-electron chi connectivity index (χ0n) is 12.6. The van der Waals surface area contributed by atoms with E-state index >= 15 is 0 Å². The summed E-state index contributed by atoms with van der Waals surface area (Å²) in [6, 6.07) is -0.161. The Morgan fingerprint density at radius 2 is 1.67 bits per heavy atom. The van der Waals surface area contributed by atoms with Crippen molar-refractivity contribution in [2.45, 2.75) is 75.8 Å². The van der Waals surface area contributed by atoms with Crippen molar-refractivity contribution in [3.63, 3.8) is 0 Å². The minimum absolute atomic E-state index is 0.161. The van der Waals surface area contributed by atoms with Gasteiger partial charge in [0.15, 0.2) is 0 Å². The van der Waals surface area contributed by atoms with Crippen LogP contribution in [0.2, 0.25) is 0 Å². The van der Waals surface area contributed by atoms with Crippen molar-refractivity contribution >= 4 is 12.2 Å². The van der Waals surface area contributed by atoms with Crippen LogP contribution in [0.5, 0.6) is 0 Å². The van der Waals surface area contributed by atoms with E-state index in [9.17, 15) is 9.59 Å². The van der Waals surface area contributed by atoms with Crippen LogP contribution in [0, 0.1) is 17.8 Å². The van der Waals surface area contributed by atoms with Crippen molar-refractivity contribution in [1.82, 2.24) is 0 Å². The fourth-order valence-corrected chi connectivity index (χ4v) is 5.19. The number of carbonyl (C=O) groups excluding carboxylic acids is 2. The molecule has 0 saturated heterocycles. The third-order valence-electron chi connectivity index (χ3n) is 6.13. The van der Waals surface area contributed by atoms with Gasteiger partial charge in [0.05, 0.1) is 11.6 Å². The molecule has 0 radical (unpaired) electrons. The van der Waals surface area contributed by atoms with Crippen LogP contribution in [-0.2, 0) is 9.59 Å². The normalized spacial score (nSPS) is 42.5. The maximum atomic E-state index is 11.0. The highest BCUT2D eigenvalue weighted by atomic mass is 16.1.